The number of methoxy groups -OCH3 is 1. The Morgan fingerprint density at radius 2 is 2.22 bits per heavy atom. The number of aryl methyl sites for hydroxylation is 1. The Balaban J connectivity index is 3.41. The number of aromatic nitrogens is 1. The van der Waals surface area contributed by atoms with Gasteiger partial charge in [-0.15, -0.1) is 0 Å². The Labute approximate surface area is 101 Å². The highest BCUT2D eigenvalue weighted by molar-refractivity contribution is 5.74. The smallest absolute Gasteiger partial charge is 0.372 e. The quantitative estimate of drug-likeness (QED) is 0.469. The topological polar surface area (TPSA) is 82.3 Å². The molecule has 0 aromatic carbocycles. The Kier molecular flexibility index (Phi) is 4.24. The summed E-state index contributed by atoms with van der Waals surface area (Å²) in [6.45, 7) is 1.45. The lowest BCUT2D eigenvalue weighted by Crippen LogP contribution is -2.11. The fourth-order valence-corrected chi connectivity index (χ4v) is 1.48. The number of rotatable bonds is 4. The summed E-state index contributed by atoms with van der Waals surface area (Å²) < 4.78 is 30.1. The van der Waals surface area contributed by atoms with Crippen LogP contribution in [0.15, 0.2) is 6.20 Å². The molecule has 0 fully saturated rings. The van der Waals surface area contributed by atoms with Gasteiger partial charge in [0.25, 0.3) is 6.43 Å². The molecule has 0 aliphatic heterocycles. The number of nitro groups is 1. The van der Waals surface area contributed by atoms with Crippen LogP contribution in [-0.2, 0) is 16.0 Å². The molecule has 0 N–H and O–H groups in total. The lowest BCUT2D eigenvalue weighted by atomic mass is 10.0. The summed E-state index contributed by atoms with van der Waals surface area (Å²) in [6, 6.07) is 0. The number of alkyl halides is 2. The van der Waals surface area contributed by atoms with Crippen molar-refractivity contribution in [1.29, 1.82) is 0 Å². The van der Waals surface area contributed by atoms with Crippen LogP contribution in [-0.4, -0.2) is 23.0 Å². The minimum Gasteiger partial charge on any atom is -0.469 e. The maximum atomic E-state index is 12.9. The summed E-state index contributed by atoms with van der Waals surface area (Å²) in [7, 11) is 1.11. The second-order valence-corrected chi connectivity index (χ2v) is 3.47. The van der Waals surface area contributed by atoms with Crippen molar-refractivity contribution in [2.24, 2.45) is 0 Å². The van der Waals surface area contributed by atoms with Gasteiger partial charge < -0.3 is 14.9 Å². The molecule has 8 heteroatoms. The first-order chi connectivity index (χ1) is 8.38. The van der Waals surface area contributed by atoms with Crippen molar-refractivity contribution in [3.63, 3.8) is 0 Å². The normalized spacial score (nSPS) is 10.5. The highest BCUT2D eigenvalue weighted by atomic mass is 19.3. The van der Waals surface area contributed by atoms with Crippen LogP contribution in [0.1, 0.15) is 23.1 Å². The van der Waals surface area contributed by atoms with Crippen LogP contribution in [0, 0.1) is 17.0 Å². The van der Waals surface area contributed by atoms with E-state index in [-0.39, 0.29) is 11.1 Å². The molecule has 98 valence electrons. The van der Waals surface area contributed by atoms with E-state index in [1.54, 1.807) is 0 Å². The second kappa shape index (κ2) is 5.48. The number of hydrogen-bond donors (Lipinski definition) is 0. The van der Waals surface area contributed by atoms with Gasteiger partial charge in [-0.3, -0.25) is 4.79 Å². The number of carbonyl (C=O) groups excluding carboxylic acids is 1. The molecule has 0 aliphatic rings. The van der Waals surface area contributed by atoms with Crippen LogP contribution < -0.4 is 0 Å². The van der Waals surface area contributed by atoms with E-state index in [0.29, 0.717) is 0 Å². The zero-order chi connectivity index (χ0) is 13.9. The van der Waals surface area contributed by atoms with Gasteiger partial charge in [-0.2, -0.15) is 0 Å². The van der Waals surface area contributed by atoms with E-state index in [4.69, 9.17) is 0 Å². The molecule has 1 rings (SSSR count). The molecule has 6 nitrogen and oxygen atoms in total. The number of esters is 1. The van der Waals surface area contributed by atoms with Crippen LogP contribution >= 0.6 is 0 Å². The molecule has 0 spiro atoms. The number of pyridine rings is 1. The van der Waals surface area contributed by atoms with Crippen LogP contribution in [0.2, 0.25) is 0 Å². The van der Waals surface area contributed by atoms with Gasteiger partial charge in [0.05, 0.1) is 13.5 Å². The fourth-order valence-electron chi connectivity index (χ4n) is 1.48. The molecule has 0 unspecified atom stereocenters. The number of ether oxygens (including phenoxy) is 1. The minimum absolute atomic E-state index is 0.112. The lowest BCUT2D eigenvalue weighted by molar-refractivity contribution is -0.391. The van der Waals surface area contributed by atoms with Crippen molar-refractivity contribution in [2.45, 2.75) is 19.8 Å². The monoisotopic (exact) mass is 260 g/mol. The third-order valence-corrected chi connectivity index (χ3v) is 2.36. The maximum Gasteiger partial charge on any atom is 0.372 e. The average molecular weight is 260 g/mol. The van der Waals surface area contributed by atoms with Gasteiger partial charge in [0.15, 0.2) is 0 Å². The predicted molar refractivity (Wildman–Crippen MR) is 56.3 cm³/mol. The van der Waals surface area contributed by atoms with Crippen LogP contribution in [0.25, 0.3) is 0 Å². The first-order valence-corrected chi connectivity index (χ1v) is 4.86. The molecular weight excluding hydrogens is 250 g/mol. The van der Waals surface area contributed by atoms with E-state index in [1.807, 2.05) is 0 Å². The van der Waals surface area contributed by atoms with Crippen molar-refractivity contribution in [3.05, 3.63) is 33.0 Å². The summed E-state index contributed by atoms with van der Waals surface area (Å²) in [5, 5.41) is 10.6. The molecule has 0 bridgehead atoms. The number of nitrogens with zero attached hydrogens (tertiary/aromatic N) is 2. The van der Waals surface area contributed by atoms with Gasteiger partial charge in [-0.25, -0.2) is 8.78 Å². The summed E-state index contributed by atoms with van der Waals surface area (Å²) >= 11 is 0. The van der Waals surface area contributed by atoms with Crippen molar-refractivity contribution < 1.29 is 23.2 Å². The third-order valence-electron chi connectivity index (χ3n) is 2.36. The fraction of sp³-hybridized carbons (Fsp3) is 0.400. The van der Waals surface area contributed by atoms with Gasteiger partial charge in [-0.1, -0.05) is 0 Å². The third kappa shape index (κ3) is 2.76. The van der Waals surface area contributed by atoms with Gasteiger partial charge in [-0.05, 0) is 28.0 Å². The standard InChI is InChI=1S/C10H10F2N2O4/c1-5-4-13-10(14(16)17)8(9(11)12)6(5)3-7(15)18-2/h4,9H,3H2,1-2H3. The summed E-state index contributed by atoms with van der Waals surface area (Å²) in [6.07, 6.45) is -2.45. The molecule has 0 aliphatic carbocycles. The number of carbonyl (C=O) groups is 1. The van der Waals surface area contributed by atoms with Crippen LogP contribution in [0.3, 0.4) is 0 Å². The van der Waals surface area contributed by atoms with Gasteiger partial charge >= 0.3 is 11.8 Å². The van der Waals surface area contributed by atoms with E-state index in [1.165, 1.54) is 6.92 Å². The lowest BCUT2D eigenvalue weighted by Gasteiger charge is -2.10. The predicted octanol–water partition coefficient (Wildman–Crippen LogP) is 1.95. The van der Waals surface area contributed by atoms with Crippen molar-refractivity contribution in [1.82, 2.24) is 4.98 Å². The van der Waals surface area contributed by atoms with Crippen LogP contribution in [0.5, 0.6) is 0 Å². The molecule has 1 aromatic heterocycles. The number of hydrogen-bond acceptors (Lipinski definition) is 5. The first kappa shape index (κ1) is 13.9. The Morgan fingerprint density at radius 3 is 2.67 bits per heavy atom. The Hall–Kier alpha value is -2.12. The summed E-state index contributed by atoms with van der Waals surface area (Å²) in [5.74, 6) is -1.69. The number of halogens is 2. The molecule has 0 atom stereocenters. The van der Waals surface area contributed by atoms with Gasteiger partial charge in [0.2, 0.25) is 0 Å². The molecule has 1 aromatic rings. The van der Waals surface area contributed by atoms with E-state index in [9.17, 15) is 23.7 Å². The SMILES string of the molecule is COC(=O)Cc1c(C)cnc([N+](=O)[O-])c1C(F)F. The van der Waals surface area contributed by atoms with E-state index < -0.39 is 35.1 Å². The highest BCUT2D eigenvalue weighted by Gasteiger charge is 2.29. The van der Waals surface area contributed by atoms with E-state index in [2.05, 4.69) is 9.72 Å². The summed E-state index contributed by atoms with van der Waals surface area (Å²) in [5.41, 5.74) is -0.662. The van der Waals surface area contributed by atoms with Gasteiger partial charge in [0, 0.05) is 0 Å². The minimum atomic E-state index is -3.09. The zero-order valence-corrected chi connectivity index (χ0v) is 9.65. The van der Waals surface area contributed by atoms with Crippen molar-refractivity contribution in [3.8, 4) is 0 Å². The molecule has 0 saturated carbocycles. The second-order valence-electron chi connectivity index (χ2n) is 3.47. The average Bonchev–Trinajstić information content (AvgIpc) is 2.30. The van der Waals surface area contributed by atoms with Gasteiger partial charge in [0.1, 0.15) is 11.8 Å². The van der Waals surface area contributed by atoms with E-state index >= 15 is 0 Å². The van der Waals surface area contributed by atoms with E-state index in [0.717, 1.165) is 13.3 Å². The molecule has 0 radical (unpaired) electrons. The summed E-state index contributed by atoms with van der Waals surface area (Å²) in [4.78, 5) is 24.1. The largest absolute Gasteiger partial charge is 0.469 e. The van der Waals surface area contributed by atoms with Crippen molar-refractivity contribution in [2.75, 3.05) is 7.11 Å². The molecule has 18 heavy (non-hydrogen) atoms. The molecule has 0 amide bonds. The van der Waals surface area contributed by atoms with Crippen molar-refractivity contribution >= 4 is 11.8 Å². The molecular formula is C10H10F2N2O4. The maximum absolute atomic E-state index is 12.9. The zero-order valence-electron chi connectivity index (χ0n) is 9.65. The molecule has 1 heterocycles. The molecule has 0 saturated heterocycles. The first-order valence-electron chi connectivity index (χ1n) is 4.86. The Morgan fingerprint density at radius 1 is 1.61 bits per heavy atom. The van der Waals surface area contributed by atoms with Crippen LogP contribution in [0.4, 0.5) is 14.6 Å². The Bertz CT molecular complexity index is 491. The highest BCUT2D eigenvalue weighted by Crippen LogP contribution is 2.32.